The molecule has 2 aromatic rings. The zero-order valence-electron chi connectivity index (χ0n) is 17.4. The number of hydrogen-bond acceptors (Lipinski definition) is 4. The lowest BCUT2D eigenvalue weighted by Gasteiger charge is -2.24. The van der Waals surface area contributed by atoms with Crippen LogP contribution in [-0.2, 0) is 9.59 Å². The topological polar surface area (TPSA) is 70.7 Å². The maximum Gasteiger partial charge on any atom is 0.241 e. The average molecular weight is 383 g/mol. The normalized spacial score (nSPS) is 11.8. The second-order valence-electron chi connectivity index (χ2n) is 7.13. The van der Waals surface area contributed by atoms with E-state index in [1.165, 1.54) is 0 Å². The number of likely N-dealkylation sites (N-methyl/N-ethyl adjacent to an activating group) is 1. The zero-order valence-corrected chi connectivity index (χ0v) is 17.4. The lowest BCUT2D eigenvalue weighted by Crippen LogP contribution is -2.43. The van der Waals surface area contributed by atoms with Gasteiger partial charge in [-0.1, -0.05) is 23.8 Å². The second kappa shape index (κ2) is 9.37. The van der Waals surface area contributed by atoms with E-state index in [9.17, 15) is 9.59 Å². The summed E-state index contributed by atoms with van der Waals surface area (Å²) in [6, 6.07) is 10.8. The zero-order chi connectivity index (χ0) is 20.8. The van der Waals surface area contributed by atoms with Gasteiger partial charge in [0.15, 0.2) is 0 Å². The van der Waals surface area contributed by atoms with Crippen LogP contribution in [0.5, 0.6) is 5.75 Å². The first-order valence-corrected chi connectivity index (χ1v) is 9.24. The second-order valence-corrected chi connectivity index (χ2v) is 7.13. The SMILES string of the molecule is COc1cccc(NC(=O)CN(C)[C@H](C)C(=O)Nc2c(C)cc(C)cc2C)c1. The van der Waals surface area contributed by atoms with Crippen molar-refractivity contribution in [1.29, 1.82) is 0 Å². The predicted molar refractivity (Wildman–Crippen MR) is 113 cm³/mol. The van der Waals surface area contributed by atoms with Crippen molar-refractivity contribution in [2.75, 3.05) is 31.3 Å². The summed E-state index contributed by atoms with van der Waals surface area (Å²) in [6.07, 6.45) is 0. The van der Waals surface area contributed by atoms with Gasteiger partial charge in [0.1, 0.15) is 5.75 Å². The van der Waals surface area contributed by atoms with Gasteiger partial charge in [-0.15, -0.1) is 0 Å². The minimum absolute atomic E-state index is 0.0949. The number of aryl methyl sites for hydroxylation is 3. The summed E-state index contributed by atoms with van der Waals surface area (Å²) in [5, 5.41) is 5.82. The van der Waals surface area contributed by atoms with Gasteiger partial charge in [0.05, 0.1) is 19.7 Å². The number of carbonyl (C=O) groups is 2. The molecule has 0 saturated carbocycles. The van der Waals surface area contributed by atoms with Crippen molar-refractivity contribution in [3.63, 3.8) is 0 Å². The van der Waals surface area contributed by atoms with Crippen molar-refractivity contribution in [2.24, 2.45) is 0 Å². The molecule has 28 heavy (non-hydrogen) atoms. The molecule has 0 saturated heterocycles. The molecule has 0 spiro atoms. The lowest BCUT2D eigenvalue weighted by atomic mass is 10.0. The molecule has 0 aliphatic heterocycles. The fourth-order valence-corrected chi connectivity index (χ4v) is 3.07. The van der Waals surface area contributed by atoms with Gasteiger partial charge in [0.2, 0.25) is 11.8 Å². The molecule has 2 N–H and O–H groups in total. The number of anilines is 2. The van der Waals surface area contributed by atoms with Crippen molar-refractivity contribution in [1.82, 2.24) is 4.90 Å². The number of nitrogens with zero attached hydrogens (tertiary/aromatic N) is 1. The highest BCUT2D eigenvalue weighted by Gasteiger charge is 2.21. The van der Waals surface area contributed by atoms with Gasteiger partial charge in [0, 0.05) is 17.4 Å². The highest BCUT2D eigenvalue weighted by molar-refractivity contribution is 5.97. The predicted octanol–water partition coefficient (Wildman–Crippen LogP) is 3.52. The lowest BCUT2D eigenvalue weighted by molar-refractivity contribution is -0.122. The molecule has 0 fully saturated rings. The van der Waals surface area contributed by atoms with Crippen LogP contribution in [0.2, 0.25) is 0 Å². The van der Waals surface area contributed by atoms with Crippen LogP contribution in [0.25, 0.3) is 0 Å². The minimum atomic E-state index is -0.462. The van der Waals surface area contributed by atoms with E-state index in [0.29, 0.717) is 11.4 Å². The summed E-state index contributed by atoms with van der Waals surface area (Å²) in [5.41, 5.74) is 4.69. The standard InChI is InChI=1S/C22H29N3O3/c1-14-10-15(2)21(16(3)11-14)24-22(27)17(4)25(5)13-20(26)23-18-8-7-9-19(12-18)28-6/h7-12,17H,13H2,1-6H3,(H,23,26)(H,24,27)/t17-/m1/s1. The summed E-state index contributed by atoms with van der Waals surface area (Å²) in [5.74, 6) is 0.326. The van der Waals surface area contributed by atoms with Gasteiger partial charge >= 0.3 is 0 Å². The van der Waals surface area contributed by atoms with Crippen LogP contribution < -0.4 is 15.4 Å². The van der Waals surface area contributed by atoms with Gasteiger partial charge in [-0.3, -0.25) is 14.5 Å². The molecule has 2 aromatic carbocycles. The number of methoxy groups -OCH3 is 1. The Morgan fingerprint density at radius 2 is 1.71 bits per heavy atom. The maximum atomic E-state index is 12.7. The van der Waals surface area contributed by atoms with Crippen molar-refractivity contribution in [2.45, 2.75) is 33.7 Å². The van der Waals surface area contributed by atoms with E-state index in [1.54, 1.807) is 44.2 Å². The molecule has 150 valence electrons. The quantitative estimate of drug-likeness (QED) is 0.767. The molecule has 6 nitrogen and oxygen atoms in total. The Labute approximate surface area is 166 Å². The first-order chi connectivity index (χ1) is 13.2. The van der Waals surface area contributed by atoms with E-state index in [0.717, 1.165) is 22.4 Å². The highest BCUT2D eigenvalue weighted by Crippen LogP contribution is 2.22. The third kappa shape index (κ3) is 5.57. The summed E-state index contributed by atoms with van der Waals surface area (Å²) in [4.78, 5) is 26.7. The molecular formula is C22H29N3O3. The molecule has 0 unspecified atom stereocenters. The van der Waals surface area contributed by atoms with E-state index in [1.807, 2.05) is 39.0 Å². The van der Waals surface area contributed by atoms with Gasteiger partial charge < -0.3 is 15.4 Å². The molecule has 2 amide bonds. The van der Waals surface area contributed by atoms with Crippen molar-refractivity contribution < 1.29 is 14.3 Å². The Morgan fingerprint density at radius 1 is 1.07 bits per heavy atom. The summed E-state index contributed by atoms with van der Waals surface area (Å²) >= 11 is 0. The van der Waals surface area contributed by atoms with Crippen LogP contribution in [0.15, 0.2) is 36.4 Å². The van der Waals surface area contributed by atoms with Crippen LogP contribution in [0, 0.1) is 20.8 Å². The molecule has 1 atom stereocenters. The molecule has 6 heteroatoms. The van der Waals surface area contributed by atoms with Crippen LogP contribution in [0.1, 0.15) is 23.6 Å². The number of benzene rings is 2. The molecular weight excluding hydrogens is 354 g/mol. The smallest absolute Gasteiger partial charge is 0.241 e. The van der Waals surface area contributed by atoms with Gasteiger partial charge in [-0.05, 0) is 58.0 Å². The molecule has 0 aliphatic carbocycles. The van der Waals surface area contributed by atoms with Crippen LogP contribution in [0.3, 0.4) is 0 Å². The number of carbonyl (C=O) groups excluding carboxylic acids is 2. The third-order valence-electron chi connectivity index (χ3n) is 4.71. The highest BCUT2D eigenvalue weighted by atomic mass is 16.5. The Kier molecular flexibility index (Phi) is 7.18. The molecule has 0 aromatic heterocycles. The molecule has 0 bridgehead atoms. The van der Waals surface area contributed by atoms with Gasteiger partial charge in [-0.25, -0.2) is 0 Å². The van der Waals surface area contributed by atoms with Crippen LogP contribution >= 0.6 is 0 Å². The first kappa shape index (κ1) is 21.4. The Hall–Kier alpha value is -2.86. The number of rotatable bonds is 7. The van der Waals surface area contributed by atoms with Gasteiger partial charge in [-0.2, -0.15) is 0 Å². The first-order valence-electron chi connectivity index (χ1n) is 9.24. The Morgan fingerprint density at radius 3 is 2.32 bits per heavy atom. The number of nitrogens with one attached hydrogen (secondary N) is 2. The Balaban J connectivity index is 1.96. The van der Waals surface area contributed by atoms with E-state index in [4.69, 9.17) is 4.74 Å². The van der Waals surface area contributed by atoms with Crippen LogP contribution in [-0.4, -0.2) is 43.5 Å². The van der Waals surface area contributed by atoms with E-state index in [-0.39, 0.29) is 18.4 Å². The van der Waals surface area contributed by atoms with E-state index in [2.05, 4.69) is 10.6 Å². The van der Waals surface area contributed by atoms with Gasteiger partial charge in [0.25, 0.3) is 0 Å². The maximum absolute atomic E-state index is 12.7. The fraction of sp³-hybridized carbons (Fsp3) is 0.364. The molecule has 0 heterocycles. The third-order valence-corrected chi connectivity index (χ3v) is 4.71. The Bertz CT molecular complexity index is 841. The van der Waals surface area contributed by atoms with Crippen molar-refractivity contribution in [3.05, 3.63) is 53.1 Å². The summed E-state index contributed by atoms with van der Waals surface area (Å²) < 4.78 is 5.16. The van der Waals surface area contributed by atoms with Crippen molar-refractivity contribution >= 4 is 23.2 Å². The van der Waals surface area contributed by atoms with Crippen molar-refractivity contribution in [3.8, 4) is 5.75 Å². The van der Waals surface area contributed by atoms with Crippen LogP contribution in [0.4, 0.5) is 11.4 Å². The number of ether oxygens (including phenoxy) is 1. The number of hydrogen-bond donors (Lipinski definition) is 2. The fourth-order valence-electron chi connectivity index (χ4n) is 3.07. The number of amides is 2. The summed E-state index contributed by atoms with van der Waals surface area (Å²) in [7, 11) is 3.33. The largest absolute Gasteiger partial charge is 0.497 e. The molecule has 0 radical (unpaired) electrons. The summed E-state index contributed by atoms with van der Waals surface area (Å²) in [6.45, 7) is 7.87. The van der Waals surface area contributed by atoms with E-state index < -0.39 is 6.04 Å². The minimum Gasteiger partial charge on any atom is -0.497 e. The monoisotopic (exact) mass is 383 g/mol. The van der Waals surface area contributed by atoms with E-state index >= 15 is 0 Å². The molecule has 0 aliphatic rings. The average Bonchev–Trinajstić information content (AvgIpc) is 2.63. The molecule has 2 rings (SSSR count).